The van der Waals surface area contributed by atoms with Crippen LogP contribution in [0.2, 0.25) is 0 Å². The Morgan fingerprint density at radius 3 is 2.32 bits per heavy atom. The summed E-state index contributed by atoms with van der Waals surface area (Å²) in [7, 11) is -2.85. The van der Waals surface area contributed by atoms with Crippen LogP contribution in [0.4, 0.5) is 17.6 Å². The molecule has 3 heterocycles. The van der Waals surface area contributed by atoms with Crippen molar-refractivity contribution in [3.05, 3.63) is 29.6 Å². The molecule has 2 aliphatic heterocycles. The maximum Gasteiger partial charge on any atom is 0.433 e. The molecule has 2 aliphatic rings. The number of nitrogens with zero attached hydrogens (tertiary/aromatic N) is 2. The van der Waals surface area contributed by atoms with Gasteiger partial charge in [0.2, 0.25) is 0 Å². The standard InChI is InChI=1S/C16H20F4N2O2S/c17-13(12-1-2-14(21-9-12)16(18,19)20)3-6-22-7-4-15(5-8-22)10-25(23,24)11-15/h1-2,9,13H,3-8,10-11H2/t13-/m0/s1. The highest BCUT2D eigenvalue weighted by molar-refractivity contribution is 7.92. The molecule has 0 saturated carbocycles. The second-order valence-electron chi connectivity index (χ2n) is 7.10. The topological polar surface area (TPSA) is 50.3 Å². The third kappa shape index (κ3) is 4.31. The number of likely N-dealkylation sites (tertiary alicyclic amines) is 1. The van der Waals surface area contributed by atoms with Gasteiger partial charge in [-0.15, -0.1) is 0 Å². The van der Waals surface area contributed by atoms with Gasteiger partial charge in [0.1, 0.15) is 11.9 Å². The molecule has 4 nitrogen and oxygen atoms in total. The molecule has 1 spiro atoms. The minimum absolute atomic E-state index is 0.0816. The fourth-order valence-corrected chi connectivity index (χ4v) is 6.01. The molecule has 1 aromatic heterocycles. The summed E-state index contributed by atoms with van der Waals surface area (Å²) in [6.45, 7) is 1.95. The van der Waals surface area contributed by atoms with Crippen molar-refractivity contribution in [3.8, 4) is 0 Å². The number of hydrogen-bond acceptors (Lipinski definition) is 4. The van der Waals surface area contributed by atoms with E-state index in [0.717, 1.165) is 44.3 Å². The largest absolute Gasteiger partial charge is 0.433 e. The monoisotopic (exact) mass is 380 g/mol. The van der Waals surface area contributed by atoms with Crippen LogP contribution in [-0.4, -0.2) is 49.4 Å². The van der Waals surface area contributed by atoms with E-state index in [-0.39, 0.29) is 28.9 Å². The van der Waals surface area contributed by atoms with E-state index < -0.39 is 27.9 Å². The van der Waals surface area contributed by atoms with Gasteiger partial charge in [-0.2, -0.15) is 13.2 Å². The summed E-state index contributed by atoms with van der Waals surface area (Å²) in [6.07, 6.45) is -3.18. The molecule has 1 aromatic rings. The predicted octanol–water partition coefficient (Wildman–Crippen LogP) is 3.01. The number of alkyl halides is 4. The third-order valence-corrected chi connectivity index (χ3v) is 7.21. The zero-order valence-corrected chi connectivity index (χ0v) is 14.4. The molecule has 0 amide bonds. The summed E-state index contributed by atoms with van der Waals surface area (Å²) in [4.78, 5) is 5.37. The molecule has 0 bridgehead atoms. The average Bonchev–Trinajstić information content (AvgIpc) is 2.51. The van der Waals surface area contributed by atoms with E-state index in [1.807, 2.05) is 0 Å². The van der Waals surface area contributed by atoms with Crippen molar-refractivity contribution in [1.29, 1.82) is 0 Å². The first-order valence-electron chi connectivity index (χ1n) is 8.19. The van der Waals surface area contributed by atoms with E-state index in [9.17, 15) is 26.0 Å². The van der Waals surface area contributed by atoms with Gasteiger partial charge in [0.15, 0.2) is 9.84 Å². The predicted molar refractivity (Wildman–Crippen MR) is 84.5 cm³/mol. The molecular weight excluding hydrogens is 360 g/mol. The highest BCUT2D eigenvalue weighted by Crippen LogP contribution is 2.42. The van der Waals surface area contributed by atoms with Gasteiger partial charge in [-0.05, 0) is 38.4 Å². The van der Waals surface area contributed by atoms with Crippen LogP contribution in [0.5, 0.6) is 0 Å². The smallest absolute Gasteiger partial charge is 0.303 e. The van der Waals surface area contributed by atoms with Crippen molar-refractivity contribution in [2.45, 2.75) is 31.6 Å². The highest BCUT2D eigenvalue weighted by atomic mass is 32.2. The van der Waals surface area contributed by atoms with Crippen LogP contribution in [-0.2, 0) is 16.0 Å². The molecule has 0 N–H and O–H groups in total. The van der Waals surface area contributed by atoms with E-state index in [1.165, 1.54) is 0 Å². The SMILES string of the molecule is O=S1(=O)CC2(CCN(CC[C@H](F)c3ccc(C(F)(F)F)nc3)CC2)C1. The molecule has 0 unspecified atom stereocenters. The lowest BCUT2D eigenvalue weighted by molar-refractivity contribution is -0.141. The van der Waals surface area contributed by atoms with Crippen LogP contribution < -0.4 is 0 Å². The minimum Gasteiger partial charge on any atom is -0.303 e. The van der Waals surface area contributed by atoms with E-state index in [2.05, 4.69) is 9.88 Å². The lowest BCUT2D eigenvalue weighted by atomic mass is 9.81. The van der Waals surface area contributed by atoms with Crippen LogP contribution >= 0.6 is 0 Å². The Bertz CT molecular complexity index is 697. The molecule has 0 radical (unpaired) electrons. The summed E-state index contributed by atoms with van der Waals surface area (Å²) in [5.74, 6) is 0.521. The number of hydrogen-bond donors (Lipinski definition) is 0. The molecule has 140 valence electrons. The summed E-state index contributed by atoms with van der Waals surface area (Å²) < 4.78 is 74.3. The summed E-state index contributed by atoms with van der Waals surface area (Å²) >= 11 is 0. The summed E-state index contributed by atoms with van der Waals surface area (Å²) in [6, 6.07) is 1.93. The van der Waals surface area contributed by atoms with E-state index in [4.69, 9.17) is 0 Å². The number of aromatic nitrogens is 1. The van der Waals surface area contributed by atoms with Crippen LogP contribution in [0.15, 0.2) is 18.3 Å². The van der Waals surface area contributed by atoms with Crippen molar-refractivity contribution in [3.63, 3.8) is 0 Å². The fraction of sp³-hybridized carbons (Fsp3) is 0.688. The Morgan fingerprint density at radius 2 is 1.84 bits per heavy atom. The summed E-state index contributed by atoms with van der Waals surface area (Å²) in [5.41, 5.74) is -0.964. The van der Waals surface area contributed by atoms with Crippen molar-refractivity contribution >= 4 is 9.84 Å². The lowest BCUT2D eigenvalue weighted by Gasteiger charge is -2.47. The van der Waals surface area contributed by atoms with Gasteiger partial charge < -0.3 is 4.90 Å². The Labute approximate surface area is 144 Å². The van der Waals surface area contributed by atoms with E-state index >= 15 is 0 Å². The molecule has 2 fully saturated rings. The van der Waals surface area contributed by atoms with Crippen LogP contribution in [0, 0.1) is 5.41 Å². The highest BCUT2D eigenvalue weighted by Gasteiger charge is 2.49. The molecule has 3 rings (SSSR count). The molecule has 2 saturated heterocycles. The van der Waals surface area contributed by atoms with Crippen molar-refractivity contribution in [2.75, 3.05) is 31.1 Å². The second-order valence-corrected chi connectivity index (χ2v) is 9.17. The Kier molecular flexibility index (Phi) is 4.83. The first kappa shape index (κ1) is 18.6. The lowest BCUT2D eigenvalue weighted by Crippen LogP contribution is -2.54. The second kappa shape index (κ2) is 6.50. The quantitative estimate of drug-likeness (QED) is 0.754. The Morgan fingerprint density at radius 1 is 1.20 bits per heavy atom. The minimum atomic E-state index is -4.52. The number of piperidine rings is 1. The molecular formula is C16H20F4N2O2S. The third-order valence-electron chi connectivity index (χ3n) is 5.11. The summed E-state index contributed by atoms with van der Waals surface area (Å²) in [5, 5.41) is 0. The Balaban J connectivity index is 1.46. The maximum atomic E-state index is 14.2. The zero-order valence-electron chi connectivity index (χ0n) is 13.6. The normalized spacial score (nSPS) is 24.0. The van der Waals surface area contributed by atoms with Gasteiger partial charge in [0.25, 0.3) is 0 Å². The van der Waals surface area contributed by atoms with Gasteiger partial charge in [-0.1, -0.05) is 6.07 Å². The number of rotatable bonds is 4. The molecule has 9 heteroatoms. The average molecular weight is 380 g/mol. The first-order chi connectivity index (χ1) is 11.6. The van der Waals surface area contributed by atoms with Crippen molar-refractivity contribution in [2.24, 2.45) is 5.41 Å². The first-order valence-corrected chi connectivity index (χ1v) is 10.0. The van der Waals surface area contributed by atoms with Gasteiger partial charge in [0.05, 0.1) is 11.5 Å². The molecule has 1 atom stereocenters. The van der Waals surface area contributed by atoms with Gasteiger partial charge in [-0.25, -0.2) is 12.8 Å². The fourth-order valence-electron chi connectivity index (χ4n) is 3.65. The molecule has 25 heavy (non-hydrogen) atoms. The van der Waals surface area contributed by atoms with Gasteiger partial charge in [-0.3, -0.25) is 4.98 Å². The van der Waals surface area contributed by atoms with Crippen molar-refractivity contribution < 1.29 is 26.0 Å². The Hall–Kier alpha value is -1.22. The molecule has 0 aromatic carbocycles. The van der Waals surface area contributed by atoms with Crippen LogP contribution in [0.3, 0.4) is 0 Å². The number of sulfone groups is 1. The van der Waals surface area contributed by atoms with E-state index in [0.29, 0.717) is 6.54 Å². The molecule has 0 aliphatic carbocycles. The zero-order chi connectivity index (χ0) is 18.3. The number of pyridine rings is 1. The number of halogens is 4. The van der Waals surface area contributed by atoms with Crippen molar-refractivity contribution in [1.82, 2.24) is 9.88 Å². The van der Waals surface area contributed by atoms with Crippen LogP contribution in [0.25, 0.3) is 0 Å². The van der Waals surface area contributed by atoms with Gasteiger partial charge >= 0.3 is 6.18 Å². The van der Waals surface area contributed by atoms with Crippen LogP contribution in [0.1, 0.15) is 36.7 Å². The van der Waals surface area contributed by atoms with E-state index in [1.54, 1.807) is 0 Å². The maximum absolute atomic E-state index is 14.2. The van der Waals surface area contributed by atoms with Gasteiger partial charge in [0, 0.05) is 23.7 Å².